The van der Waals surface area contributed by atoms with Gasteiger partial charge in [0, 0.05) is 24.0 Å². The number of thiophene rings is 1. The van der Waals surface area contributed by atoms with Crippen LogP contribution in [-0.2, 0) is 16.6 Å². The zero-order valence-corrected chi connectivity index (χ0v) is 15.0. The Hall–Kier alpha value is -0.470. The van der Waals surface area contributed by atoms with E-state index >= 15 is 0 Å². The number of hydrogen-bond acceptors (Lipinski definition) is 5. The fourth-order valence-corrected chi connectivity index (χ4v) is 4.65. The summed E-state index contributed by atoms with van der Waals surface area (Å²) >= 11 is 1.33. The van der Waals surface area contributed by atoms with Crippen LogP contribution in [0, 0.1) is 0 Å². The molecule has 122 valence electrons. The Morgan fingerprint density at radius 2 is 1.90 bits per heavy atom. The van der Waals surface area contributed by atoms with E-state index in [0.717, 1.165) is 31.1 Å². The molecule has 1 aromatic rings. The van der Waals surface area contributed by atoms with Crippen molar-refractivity contribution in [2.24, 2.45) is 0 Å². The lowest BCUT2D eigenvalue weighted by molar-refractivity contribution is 0.282. The van der Waals surface area contributed by atoms with E-state index in [-0.39, 0.29) is 6.04 Å². The maximum Gasteiger partial charge on any atom is 0.250 e. The van der Waals surface area contributed by atoms with Gasteiger partial charge in [0.15, 0.2) is 0 Å². The summed E-state index contributed by atoms with van der Waals surface area (Å²) in [6, 6.07) is 3.45. The Kier molecular flexibility index (Phi) is 7.83. The highest BCUT2D eigenvalue weighted by atomic mass is 32.2. The van der Waals surface area contributed by atoms with Gasteiger partial charge in [-0.05, 0) is 38.7 Å². The average Bonchev–Trinajstić information content (AvgIpc) is 2.91. The molecule has 0 aromatic carbocycles. The van der Waals surface area contributed by atoms with Crippen LogP contribution in [0.2, 0.25) is 0 Å². The topological polar surface area (TPSA) is 61.4 Å². The van der Waals surface area contributed by atoms with Crippen molar-refractivity contribution in [3.05, 3.63) is 17.0 Å². The maximum atomic E-state index is 12.3. The molecule has 0 saturated heterocycles. The van der Waals surface area contributed by atoms with Crippen LogP contribution >= 0.6 is 11.3 Å². The second-order valence-corrected chi connectivity index (χ2v) is 8.12. The first kappa shape index (κ1) is 18.6. The highest BCUT2D eigenvalue weighted by Gasteiger charge is 2.20. The van der Waals surface area contributed by atoms with E-state index < -0.39 is 10.0 Å². The van der Waals surface area contributed by atoms with Crippen LogP contribution in [0.4, 0.5) is 0 Å². The molecule has 1 aromatic heterocycles. The minimum atomic E-state index is -3.41. The first-order valence-corrected chi connectivity index (χ1v) is 9.77. The molecule has 1 unspecified atom stereocenters. The molecule has 1 rings (SSSR count). The Morgan fingerprint density at radius 1 is 1.24 bits per heavy atom. The maximum absolute atomic E-state index is 12.3. The number of nitrogens with zero attached hydrogens (tertiary/aromatic N) is 1. The summed E-state index contributed by atoms with van der Waals surface area (Å²) in [4.78, 5) is 3.24. The van der Waals surface area contributed by atoms with E-state index in [4.69, 9.17) is 0 Å². The molecule has 2 N–H and O–H groups in total. The molecule has 1 heterocycles. The van der Waals surface area contributed by atoms with Crippen LogP contribution in [-0.4, -0.2) is 45.5 Å². The SMILES string of the molecule is CCNCc1ccc(S(=O)(=O)NC(C)CN(CC)CC)s1. The van der Waals surface area contributed by atoms with Crippen molar-refractivity contribution in [2.75, 3.05) is 26.2 Å². The summed E-state index contributed by atoms with van der Waals surface area (Å²) in [5, 5.41) is 3.20. The van der Waals surface area contributed by atoms with Gasteiger partial charge in [-0.2, -0.15) is 0 Å². The van der Waals surface area contributed by atoms with Gasteiger partial charge in [-0.25, -0.2) is 13.1 Å². The first-order chi connectivity index (χ1) is 9.92. The molecule has 0 aliphatic carbocycles. The smallest absolute Gasteiger partial charge is 0.250 e. The highest BCUT2D eigenvalue weighted by molar-refractivity contribution is 7.91. The summed E-state index contributed by atoms with van der Waals surface area (Å²) in [5.41, 5.74) is 0. The number of rotatable bonds is 10. The molecule has 7 heteroatoms. The third-order valence-electron chi connectivity index (χ3n) is 3.23. The van der Waals surface area contributed by atoms with Crippen LogP contribution in [0.3, 0.4) is 0 Å². The molecule has 0 aliphatic heterocycles. The van der Waals surface area contributed by atoms with Crippen LogP contribution in [0.5, 0.6) is 0 Å². The number of sulfonamides is 1. The van der Waals surface area contributed by atoms with Gasteiger partial charge in [0.05, 0.1) is 0 Å². The minimum absolute atomic E-state index is 0.103. The Bertz CT molecular complexity index is 510. The van der Waals surface area contributed by atoms with E-state index in [1.54, 1.807) is 6.07 Å². The van der Waals surface area contributed by atoms with Crippen LogP contribution < -0.4 is 10.0 Å². The predicted molar refractivity (Wildman–Crippen MR) is 89.3 cm³/mol. The van der Waals surface area contributed by atoms with E-state index in [1.807, 2.05) is 19.9 Å². The molecule has 21 heavy (non-hydrogen) atoms. The van der Waals surface area contributed by atoms with E-state index in [2.05, 4.69) is 28.8 Å². The van der Waals surface area contributed by atoms with E-state index in [1.165, 1.54) is 11.3 Å². The molecular formula is C14H27N3O2S2. The van der Waals surface area contributed by atoms with Gasteiger partial charge in [-0.1, -0.05) is 20.8 Å². The summed E-state index contributed by atoms with van der Waals surface area (Å²) in [6.07, 6.45) is 0. The molecule has 0 fully saturated rings. The quantitative estimate of drug-likeness (QED) is 0.686. The van der Waals surface area contributed by atoms with Crippen molar-refractivity contribution in [3.8, 4) is 0 Å². The van der Waals surface area contributed by atoms with Crippen molar-refractivity contribution in [2.45, 2.75) is 44.5 Å². The van der Waals surface area contributed by atoms with Gasteiger partial charge in [0.25, 0.3) is 0 Å². The van der Waals surface area contributed by atoms with Gasteiger partial charge < -0.3 is 10.2 Å². The Morgan fingerprint density at radius 3 is 2.48 bits per heavy atom. The van der Waals surface area contributed by atoms with Gasteiger partial charge in [-0.3, -0.25) is 0 Å². The first-order valence-electron chi connectivity index (χ1n) is 7.47. The van der Waals surface area contributed by atoms with Gasteiger partial charge in [0.1, 0.15) is 4.21 Å². The minimum Gasteiger partial charge on any atom is -0.312 e. The lowest BCUT2D eigenvalue weighted by Crippen LogP contribution is -2.41. The van der Waals surface area contributed by atoms with E-state index in [9.17, 15) is 8.42 Å². The molecule has 0 amide bonds. The Balaban J connectivity index is 2.65. The summed E-state index contributed by atoms with van der Waals surface area (Å²) < 4.78 is 27.8. The zero-order valence-electron chi connectivity index (χ0n) is 13.3. The monoisotopic (exact) mass is 333 g/mol. The van der Waals surface area contributed by atoms with Crippen LogP contribution in [0.15, 0.2) is 16.3 Å². The summed E-state index contributed by atoms with van der Waals surface area (Å²) in [5.74, 6) is 0. The number of likely N-dealkylation sites (N-methyl/N-ethyl adjacent to an activating group) is 1. The van der Waals surface area contributed by atoms with E-state index in [0.29, 0.717) is 10.8 Å². The van der Waals surface area contributed by atoms with Gasteiger partial charge >= 0.3 is 0 Å². The van der Waals surface area contributed by atoms with Gasteiger partial charge in [-0.15, -0.1) is 11.3 Å². The van der Waals surface area contributed by atoms with Crippen LogP contribution in [0.1, 0.15) is 32.6 Å². The summed E-state index contributed by atoms with van der Waals surface area (Å²) in [7, 11) is -3.41. The lowest BCUT2D eigenvalue weighted by atomic mass is 10.3. The number of hydrogen-bond donors (Lipinski definition) is 2. The average molecular weight is 334 g/mol. The zero-order chi connectivity index (χ0) is 15.9. The second-order valence-electron chi connectivity index (χ2n) is 5.01. The van der Waals surface area contributed by atoms with Crippen molar-refractivity contribution >= 4 is 21.4 Å². The van der Waals surface area contributed by atoms with Crippen molar-refractivity contribution in [3.63, 3.8) is 0 Å². The normalized spacial score (nSPS) is 13.8. The molecule has 0 aliphatic rings. The van der Waals surface area contributed by atoms with Crippen molar-refractivity contribution < 1.29 is 8.42 Å². The lowest BCUT2D eigenvalue weighted by Gasteiger charge is -2.23. The third-order valence-corrected chi connectivity index (χ3v) is 6.40. The molecule has 0 bridgehead atoms. The molecule has 5 nitrogen and oxygen atoms in total. The molecule has 0 radical (unpaired) electrons. The summed E-state index contributed by atoms with van der Waals surface area (Å²) in [6.45, 7) is 12.3. The second kappa shape index (κ2) is 8.85. The fourth-order valence-electron chi connectivity index (χ4n) is 2.08. The number of nitrogens with one attached hydrogen (secondary N) is 2. The largest absolute Gasteiger partial charge is 0.312 e. The Labute approximate surface area is 132 Å². The molecule has 1 atom stereocenters. The van der Waals surface area contributed by atoms with Crippen LogP contribution in [0.25, 0.3) is 0 Å². The predicted octanol–water partition coefficient (Wildman–Crippen LogP) is 1.87. The van der Waals surface area contributed by atoms with Crippen molar-refractivity contribution in [1.82, 2.24) is 14.9 Å². The third kappa shape index (κ3) is 6.04. The standard InChI is InChI=1S/C14H27N3O2S2/c1-5-15-10-13-8-9-14(20-13)21(18,19)16-12(4)11-17(6-2)7-3/h8-9,12,15-16H,5-7,10-11H2,1-4H3. The molecule has 0 saturated carbocycles. The molecular weight excluding hydrogens is 306 g/mol. The molecule has 0 spiro atoms. The van der Waals surface area contributed by atoms with Crippen molar-refractivity contribution in [1.29, 1.82) is 0 Å². The van der Waals surface area contributed by atoms with Gasteiger partial charge in [0.2, 0.25) is 10.0 Å². The fraction of sp³-hybridized carbons (Fsp3) is 0.714. The highest BCUT2D eigenvalue weighted by Crippen LogP contribution is 2.21.